The van der Waals surface area contributed by atoms with Gasteiger partial charge in [-0.25, -0.2) is 4.79 Å². The molecular formula is C13H20F2O6. The summed E-state index contributed by atoms with van der Waals surface area (Å²) >= 11 is 0. The van der Waals surface area contributed by atoms with Gasteiger partial charge in [0.15, 0.2) is 6.10 Å². The molecule has 0 aromatic rings. The molecule has 2 N–H and O–H groups in total. The van der Waals surface area contributed by atoms with Crippen molar-refractivity contribution in [1.29, 1.82) is 0 Å². The summed E-state index contributed by atoms with van der Waals surface area (Å²) < 4.78 is 41.9. The van der Waals surface area contributed by atoms with Crippen LogP contribution < -0.4 is 0 Å². The molecule has 1 aliphatic carbocycles. The van der Waals surface area contributed by atoms with E-state index in [1.807, 2.05) is 0 Å². The SMILES string of the molecule is CC(F)(F)C(=O)OC1CCCC12OCC(CO)(CO)CO2. The summed E-state index contributed by atoms with van der Waals surface area (Å²) in [5, 5.41) is 18.6. The summed E-state index contributed by atoms with van der Waals surface area (Å²) in [6.45, 7) is -0.149. The predicted molar refractivity (Wildman–Crippen MR) is 65.6 cm³/mol. The standard InChI is InChI=1S/C13H20F2O6/c1-11(14,15)10(18)21-9-3-2-4-13(9)19-7-12(5-16,6-17)8-20-13/h9,16-17H,2-8H2,1H3. The molecule has 8 heteroatoms. The number of carbonyl (C=O) groups excluding carboxylic acids is 1. The molecule has 1 heterocycles. The Balaban J connectivity index is 2.04. The molecule has 0 bridgehead atoms. The van der Waals surface area contributed by atoms with E-state index in [0.29, 0.717) is 26.2 Å². The summed E-state index contributed by atoms with van der Waals surface area (Å²) in [6.07, 6.45) is 0.477. The maximum atomic E-state index is 12.9. The summed E-state index contributed by atoms with van der Waals surface area (Å²) in [6, 6.07) is 0. The van der Waals surface area contributed by atoms with E-state index in [2.05, 4.69) is 0 Å². The Kier molecular flexibility index (Phi) is 4.53. The molecular weight excluding hydrogens is 290 g/mol. The average molecular weight is 310 g/mol. The number of hydrogen-bond acceptors (Lipinski definition) is 6. The molecule has 1 atom stereocenters. The molecule has 0 amide bonds. The molecule has 2 fully saturated rings. The Morgan fingerprint density at radius 2 is 1.90 bits per heavy atom. The van der Waals surface area contributed by atoms with Gasteiger partial charge in [0.25, 0.3) is 0 Å². The minimum absolute atomic E-state index is 0.0105. The van der Waals surface area contributed by atoms with Crippen molar-refractivity contribution in [2.45, 2.75) is 44.0 Å². The van der Waals surface area contributed by atoms with Crippen molar-refractivity contribution in [3.63, 3.8) is 0 Å². The minimum atomic E-state index is -3.57. The number of ether oxygens (including phenoxy) is 3. The molecule has 1 spiro atoms. The van der Waals surface area contributed by atoms with Gasteiger partial charge in [0, 0.05) is 13.3 Å². The van der Waals surface area contributed by atoms with E-state index in [0.717, 1.165) is 0 Å². The van der Waals surface area contributed by atoms with Crippen LogP contribution in [0.25, 0.3) is 0 Å². The van der Waals surface area contributed by atoms with Gasteiger partial charge >= 0.3 is 11.9 Å². The number of carbonyl (C=O) groups is 1. The van der Waals surface area contributed by atoms with Gasteiger partial charge in [-0.2, -0.15) is 8.78 Å². The lowest BCUT2D eigenvalue weighted by atomic mass is 9.90. The van der Waals surface area contributed by atoms with Crippen LogP contribution in [0.2, 0.25) is 0 Å². The van der Waals surface area contributed by atoms with Crippen molar-refractivity contribution in [2.75, 3.05) is 26.4 Å². The van der Waals surface area contributed by atoms with Crippen molar-refractivity contribution in [2.24, 2.45) is 5.41 Å². The second-order valence-corrected chi connectivity index (χ2v) is 5.88. The zero-order chi connectivity index (χ0) is 15.7. The van der Waals surface area contributed by atoms with Crippen molar-refractivity contribution < 1.29 is 38.0 Å². The molecule has 1 saturated carbocycles. The monoisotopic (exact) mass is 310 g/mol. The van der Waals surface area contributed by atoms with Gasteiger partial charge in [0.1, 0.15) is 0 Å². The van der Waals surface area contributed by atoms with Crippen LogP contribution in [0.4, 0.5) is 8.78 Å². The highest BCUT2D eigenvalue weighted by molar-refractivity contribution is 5.77. The van der Waals surface area contributed by atoms with Gasteiger partial charge in [0.05, 0.1) is 31.8 Å². The third kappa shape index (κ3) is 3.18. The minimum Gasteiger partial charge on any atom is -0.452 e. The van der Waals surface area contributed by atoms with Gasteiger partial charge in [0.2, 0.25) is 5.79 Å². The van der Waals surface area contributed by atoms with Crippen LogP contribution in [0, 0.1) is 5.41 Å². The topological polar surface area (TPSA) is 85.2 Å². The maximum Gasteiger partial charge on any atom is 0.377 e. The van der Waals surface area contributed by atoms with Crippen molar-refractivity contribution in [3.05, 3.63) is 0 Å². The molecule has 21 heavy (non-hydrogen) atoms. The fourth-order valence-electron chi connectivity index (χ4n) is 2.49. The van der Waals surface area contributed by atoms with E-state index in [-0.39, 0.29) is 26.4 Å². The Bertz CT molecular complexity index is 381. The second-order valence-electron chi connectivity index (χ2n) is 5.88. The van der Waals surface area contributed by atoms with Gasteiger partial charge in [-0.1, -0.05) is 0 Å². The molecule has 2 rings (SSSR count). The largest absolute Gasteiger partial charge is 0.452 e. The lowest BCUT2D eigenvalue weighted by Gasteiger charge is -2.45. The number of halogens is 2. The molecule has 2 aliphatic rings. The Morgan fingerprint density at radius 3 is 2.38 bits per heavy atom. The number of rotatable bonds is 4. The maximum absolute atomic E-state index is 12.9. The van der Waals surface area contributed by atoms with E-state index in [9.17, 15) is 23.8 Å². The molecule has 0 aromatic carbocycles. The first-order valence-electron chi connectivity index (χ1n) is 6.85. The fourth-order valence-corrected chi connectivity index (χ4v) is 2.49. The van der Waals surface area contributed by atoms with E-state index in [4.69, 9.17) is 14.2 Å². The first-order chi connectivity index (χ1) is 9.77. The van der Waals surface area contributed by atoms with Crippen LogP contribution in [0.5, 0.6) is 0 Å². The lowest BCUT2D eigenvalue weighted by Crippen LogP contribution is -2.57. The molecule has 0 aromatic heterocycles. The first kappa shape index (κ1) is 16.5. The van der Waals surface area contributed by atoms with Crippen LogP contribution in [-0.2, 0) is 19.0 Å². The summed E-state index contributed by atoms with van der Waals surface area (Å²) in [5.74, 6) is -6.44. The summed E-state index contributed by atoms with van der Waals surface area (Å²) in [7, 11) is 0. The van der Waals surface area contributed by atoms with Crippen LogP contribution in [0.15, 0.2) is 0 Å². The third-order valence-corrected chi connectivity index (χ3v) is 4.01. The quantitative estimate of drug-likeness (QED) is 0.734. The highest BCUT2D eigenvalue weighted by atomic mass is 19.3. The predicted octanol–water partition coefficient (Wildman–Crippen LogP) is 0.451. The van der Waals surface area contributed by atoms with Crippen LogP contribution in [0.1, 0.15) is 26.2 Å². The lowest BCUT2D eigenvalue weighted by molar-refractivity contribution is -0.337. The molecule has 6 nitrogen and oxygen atoms in total. The second kappa shape index (κ2) is 5.75. The first-order valence-corrected chi connectivity index (χ1v) is 6.85. The van der Waals surface area contributed by atoms with Crippen molar-refractivity contribution in [1.82, 2.24) is 0 Å². The van der Waals surface area contributed by atoms with E-state index in [1.54, 1.807) is 0 Å². The number of esters is 1. The van der Waals surface area contributed by atoms with Gasteiger partial charge in [-0.15, -0.1) is 0 Å². The van der Waals surface area contributed by atoms with Crippen molar-refractivity contribution in [3.8, 4) is 0 Å². The zero-order valence-electron chi connectivity index (χ0n) is 11.8. The molecule has 1 aliphatic heterocycles. The average Bonchev–Trinajstić information content (AvgIpc) is 2.82. The van der Waals surface area contributed by atoms with E-state index >= 15 is 0 Å². The number of hydrogen-bond donors (Lipinski definition) is 2. The number of aliphatic hydroxyl groups is 2. The Labute approximate surface area is 121 Å². The van der Waals surface area contributed by atoms with Crippen LogP contribution in [0.3, 0.4) is 0 Å². The van der Waals surface area contributed by atoms with Crippen LogP contribution in [-0.4, -0.2) is 60.4 Å². The van der Waals surface area contributed by atoms with Crippen LogP contribution >= 0.6 is 0 Å². The number of alkyl halides is 2. The Hall–Kier alpha value is -0.830. The van der Waals surface area contributed by atoms with Gasteiger partial charge < -0.3 is 24.4 Å². The molecule has 1 unspecified atom stereocenters. The molecule has 0 radical (unpaired) electrons. The van der Waals surface area contributed by atoms with Gasteiger partial charge in [-0.05, 0) is 12.8 Å². The normalized spacial score (nSPS) is 27.8. The highest BCUT2D eigenvalue weighted by Gasteiger charge is 2.54. The Morgan fingerprint density at radius 1 is 1.33 bits per heavy atom. The third-order valence-electron chi connectivity index (χ3n) is 4.01. The van der Waals surface area contributed by atoms with E-state index < -0.39 is 29.2 Å². The molecule has 1 saturated heterocycles. The zero-order valence-corrected chi connectivity index (χ0v) is 11.8. The van der Waals surface area contributed by atoms with Gasteiger partial charge in [-0.3, -0.25) is 0 Å². The highest BCUT2D eigenvalue weighted by Crippen LogP contribution is 2.42. The van der Waals surface area contributed by atoms with Crippen molar-refractivity contribution >= 4 is 5.97 Å². The fraction of sp³-hybridized carbons (Fsp3) is 0.923. The summed E-state index contributed by atoms with van der Waals surface area (Å²) in [4.78, 5) is 11.3. The smallest absolute Gasteiger partial charge is 0.377 e. The number of aliphatic hydroxyl groups excluding tert-OH is 2. The van der Waals surface area contributed by atoms with E-state index in [1.165, 1.54) is 0 Å². The summed E-state index contributed by atoms with van der Waals surface area (Å²) in [5.41, 5.74) is -0.920. The molecule has 122 valence electrons.